The fourth-order valence-corrected chi connectivity index (χ4v) is 4.99. The molecular weight excluding hydrogens is 532 g/mol. The summed E-state index contributed by atoms with van der Waals surface area (Å²) in [7, 11) is 0. The number of carbonyl (C=O) groups excluding carboxylic acids is 2. The molecule has 15 heteroatoms. The summed E-state index contributed by atoms with van der Waals surface area (Å²) in [6.45, 7) is 1.98. The van der Waals surface area contributed by atoms with Crippen molar-refractivity contribution in [2.45, 2.75) is 32.4 Å². The van der Waals surface area contributed by atoms with Crippen LogP contribution in [0.3, 0.4) is 0 Å². The van der Waals surface area contributed by atoms with Gasteiger partial charge in [0.25, 0.3) is 17.6 Å². The molecule has 4 aromatic heterocycles. The van der Waals surface area contributed by atoms with Gasteiger partial charge in [0.1, 0.15) is 16.9 Å². The average molecular weight is 553 g/mol. The first kappa shape index (κ1) is 24.3. The molecule has 0 saturated carbocycles. The number of carbonyl (C=O) groups is 2. The number of tetrazole rings is 1. The molecule has 0 spiro atoms. The Hall–Kier alpha value is -5.73. The van der Waals surface area contributed by atoms with Crippen LogP contribution in [0.25, 0.3) is 28.3 Å². The lowest BCUT2D eigenvalue weighted by molar-refractivity contribution is 0.0928. The second kappa shape index (κ2) is 9.48. The predicted octanol–water partition coefficient (Wildman–Crippen LogP) is 1.66. The lowest BCUT2D eigenvalue weighted by Gasteiger charge is -2.15. The molecule has 0 unspecified atom stereocenters. The summed E-state index contributed by atoms with van der Waals surface area (Å²) >= 11 is 0. The van der Waals surface area contributed by atoms with Gasteiger partial charge in [-0.25, -0.2) is 14.8 Å². The summed E-state index contributed by atoms with van der Waals surface area (Å²) < 4.78 is 11.3. The van der Waals surface area contributed by atoms with Gasteiger partial charge in [-0.1, -0.05) is 28.5 Å². The van der Waals surface area contributed by atoms with Gasteiger partial charge in [-0.3, -0.25) is 19.1 Å². The van der Waals surface area contributed by atoms with Gasteiger partial charge in [0.15, 0.2) is 17.3 Å². The summed E-state index contributed by atoms with van der Waals surface area (Å²) in [6.07, 6.45) is 1.37. The molecule has 2 amide bonds. The number of hydrogen-bond donors (Lipinski definition) is 3. The van der Waals surface area contributed by atoms with Crippen molar-refractivity contribution in [3.05, 3.63) is 87.0 Å². The number of benzene rings is 2. The Kier molecular flexibility index (Phi) is 5.62. The highest BCUT2D eigenvalue weighted by Crippen LogP contribution is 2.33. The summed E-state index contributed by atoms with van der Waals surface area (Å²) in [6, 6.07) is 12.1. The predicted molar refractivity (Wildman–Crippen MR) is 140 cm³/mol. The van der Waals surface area contributed by atoms with Crippen LogP contribution in [-0.4, -0.2) is 52.0 Å². The van der Waals surface area contributed by atoms with Gasteiger partial charge in [0.2, 0.25) is 0 Å². The van der Waals surface area contributed by atoms with Crippen molar-refractivity contribution in [3.63, 3.8) is 0 Å². The molecule has 2 aromatic carbocycles. The van der Waals surface area contributed by atoms with Crippen molar-refractivity contribution in [1.82, 2.24) is 50.8 Å². The average Bonchev–Trinajstić information content (AvgIpc) is 3.77. The van der Waals surface area contributed by atoms with Gasteiger partial charge in [-0.2, -0.15) is 4.52 Å². The molecule has 4 heterocycles. The molecule has 6 aromatic rings. The summed E-state index contributed by atoms with van der Waals surface area (Å²) in [5, 5.41) is 20.9. The van der Waals surface area contributed by atoms with Crippen molar-refractivity contribution in [3.8, 4) is 11.4 Å². The molecule has 1 aliphatic rings. The minimum absolute atomic E-state index is 0.00567. The highest BCUT2D eigenvalue weighted by molar-refractivity contribution is 5.98. The Bertz CT molecular complexity index is 2040. The first-order valence-electron chi connectivity index (χ1n) is 12.6. The lowest BCUT2D eigenvalue weighted by Crippen LogP contribution is -2.30. The van der Waals surface area contributed by atoms with Crippen LogP contribution in [0.2, 0.25) is 0 Å². The van der Waals surface area contributed by atoms with E-state index in [0.717, 1.165) is 16.7 Å². The minimum atomic E-state index is -0.631. The maximum atomic E-state index is 13.4. The summed E-state index contributed by atoms with van der Waals surface area (Å²) in [5.74, 6) is -0.684. The van der Waals surface area contributed by atoms with Gasteiger partial charge < -0.3 is 15.1 Å². The Labute approximate surface area is 229 Å². The van der Waals surface area contributed by atoms with Crippen LogP contribution in [0.1, 0.15) is 56.0 Å². The van der Waals surface area contributed by atoms with Gasteiger partial charge >= 0.3 is 5.76 Å². The standard InChI is InChI=1S/C26H20N10O5/c1-12-28-18-8-13(2-7-21(18)40-12)11-27-23(37)19-10-20(36-25(30-19)32-34-35-36)24(38)29-17-6-4-14-9-15(3-5-16(14)17)22-31-26(39)41-33-22/h2-3,5,7-10,17H,4,6,11H2,1H3,(H,27,37)(H,29,38)(H,31,33,39)/t17-/m0/s1. The third-order valence-corrected chi connectivity index (χ3v) is 6.89. The molecule has 0 saturated heterocycles. The fraction of sp³-hybridized carbons (Fsp3) is 0.192. The largest absolute Gasteiger partial charge is 0.441 e. The Morgan fingerprint density at radius 3 is 2.88 bits per heavy atom. The van der Waals surface area contributed by atoms with E-state index >= 15 is 0 Å². The van der Waals surface area contributed by atoms with Crippen LogP contribution in [0.5, 0.6) is 0 Å². The molecule has 0 radical (unpaired) electrons. The molecule has 41 heavy (non-hydrogen) atoms. The number of amides is 2. The van der Waals surface area contributed by atoms with Gasteiger partial charge in [0, 0.05) is 25.1 Å². The van der Waals surface area contributed by atoms with E-state index < -0.39 is 17.6 Å². The van der Waals surface area contributed by atoms with Crippen molar-refractivity contribution >= 4 is 28.7 Å². The number of nitrogens with one attached hydrogen (secondary N) is 3. The number of rotatable bonds is 6. The maximum Gasteiger partial charge on any atom is 0.439 e. The van der Waals surface area contributed by atoms with Crippen molar-refractivity contribution < 1.29 is 18.5 Å². The second-order valence-corrected chi connectivity index (χ2v) is 9.56. The summed E-state index contributed by atoms with van der Waals surface area (Å²) in [5.41, 5.74) is 4.89. The third-order valence-electron chi connectivity index (χ3n) is 6.89. The van der Waals surface area contributed by atoms with Crippen LogP contribution in [-0.2, 0) is 13.0 Å². The Balaban J connectivity index is 1.10. The molecule has 7 rings (SSSR count). The third kappa shape index (κ3) is 4.48. The highest BCUT2D eigenvalue weighted by Gasteiger charge is 2.27. The zero-order chi connectivity index (χ0) is 28.1. The Morgan fingerprint density at radius 2 is 2.02 bits per heavy atom. The summed E-state index contributed by atoms with van der Waals surface area (Å²) in [4.78, 5) is 48.8. The van der Waals surface area contributed by atoms with Crippen LogP contribution < -0.4 is 16.4 Å². The van der Waals surface area contributed by atoms with Crippen LogP contribution in [0.4, 0.5) is 0 Å². The molecule has 1 aliphatic carbocycles. The van der Waals surface area contributed by atoms with E-state index in [-0.39, 0.29) is 29.8 Å². The maximum absolute atomic E-state index is 13.4. The molecule has 1 atom stereocenters. The normalized spacial score (nSPS) is 14.4. The minimum Gasteiger partial charge on any atom is -0.441 e. The number of H-pyrrole nitrogens is 1. The monoisotopic (exact) mass is 552 g/mol. The van der Waals surface area contributed by atoms with Crippen LogP contribution >= 0.6 is 0 Å². The number of aromatic nitrogens is 8. The van der Waals surface area contributed by atoms with Gasteiger partial charge in [-0.15, -0.1) is 0 Å². The smallest absolute Gasteiger partial charge is 0.439 e. The molecule has 15 nitrogen and oxygen atoms in total. The van der Waals surface area contributed by atoms with E-state index in [4.69, 9.17) is 4.42 Å². The molecule has 3 N–H and O–H groups in total. The van der Waals surface area contributed by atoms with Crippen molar-refractivity contribution in [2.75, 3.05) is 0 Å². The number of oxazole rings is 1. The fourth-order valence-electron chi connectivity index (χ4n) is 4.99. The van der Waals surface area contributed by atoms with E-state index in [2.05, 4.69) is 50.8 Å². The van der Waals surface area contributed by atoms with Gasteiger partial charge in [-0.05, 0) is 58.2 Å². The molecule has 0 bridgehead atoms. The van der Waals surface area contributed by atoms with Crippen LogP contribution in [0, 0.1) is 6.92 Å². The van der Waals surface area contributed by atoms with E-state index in [0.29, 0.717) is 41.2 Å². The molecule has 204 valence electrons. The van der Waals surface area contributed by atoms with Crippen molar-refractivity contribution in [2.24, 2.45) is 0 Å². The van der Waals surface area contributed by atoms with Gasteiger partial charge in [0.05, 0.1) is 6.04 Å². The first-order chi connectivity index (χ1) is 19.9. The van der Waals surface area contributed by atoms with E-state index in [1.807, 2.05) is 24.3 Å². The van der Waals surface area contributed by atoms with Crippen molar-refractivity contribution in [1.29, 1.82) is 0 Å². The first-order valence-corrected chi connectivity index (χ1v) is 12.6. The highest BCUT2D eigenvalue weighted by atomic mass is 16.5. The number of nitrogens with zero attached hydrogens (tertiary/aromatic N) is 7. The lowest BCUT2D eigenvalue weighted by atomic mass is 10.0. The topological polar surface area (TPSA) is 199 Å². The number of aromatic amines is 1. The Morgan fingerprint density at radius 1 is 1.12 bits per heavy atom. The number of aryl methyl sites for hydroxylation is 2. The van der Waals surface area contributed by atoms with E-state index in [1.165, 1.54) is 10.6 Å². The second-order valence-electron chi connectivity index (χ2n) is 9.56. The SMILES string of the molecule is Cc1nc2cc(CNC(=O)c3cc(C(=O)N[C@H]4CCc5cc(-c6noc(=O)[nH]6)ccc54)n4nnnc4n3)ccc2o1. The zero-order valence-electron chi connectivity index (χ0n) is 21.4. The van der Waals surface area contributed by atoms with E-state index in [9.17, 15) is 14.4 Å². The molecule has 0 fully saturated rings. The quantitative estimate of drug-likeness (QED) is 0.271. The zero-order valence-corrected chi connectivity index (χ0v) is 21.4. The molecular formula is C26H20N10O5. The van der Waals surface area contributed by atoms with Crippen LogP contribution in [0.15, 0.2) is 56.2 Å². The number of hydrogen-bond acceptors (Lipinski definition) is 11. The number of fused-ring (bicyclic) bond motifs is 3. The van der Waals surface area contributed by atoms with E-state index in [1.54, 1.807) is 19.1 Å². The molecule has 0 aliphatic heterocycles.